The van der Waals surface area contributed by atoms with E-state index in [1.54, 1.807) is 42.0 Å². The summed E-state index contributed by atoms with van der Waals surface area (Å²) in [6.45, 7) is 1.26. The second kappa shape index (κ2) is 10.1. The van der Waals surface area contributed by atoms with Crippen molar-refractivity contribution < 1.29 is 9.53 Å². The lowest BCUT2D eigenvalue weighted by Crippen LogP contribution is -2.19. The molecular weight excluding hydrogens is 396 g/mol. The summed E-state index contributed by atoms with van der Waals surface area (Å²) in [7, 11) is 1.68. The minimum Gasteiger partial charge on any atom is -0.383 e. The summed E-state index contributed by atoms with van der Waals surface area (Å²) in [6.07, 6.45) is 2.06. The minimum atomic E-state index is -0.0984. The molecule has 0 aliphatic heterocycles. The van der Waals surface area contributed by atoms with Gasteiger partial charge in [0.15, 0.2) is 4.80 Å². The standard InChI is InChI=1S/C20H22N2O2S3/c1-24-11-10-22-17-9-8-16(25-2)12-18(17)27-20(22)21-19(23)14-26-13-15-6-4-3-5-7-15/h3-9,12H,10-11,13-14H2,1-2H3. The van der Waals surface area contributed by atoms with Crippen molar-refractivity contribution in [3.05, 3.63) is 58.9 Å². The number of hydrogen-bond acceptors (Lipinski definition) is 5. The molecular formula is C20H22N2O2S3. The van der Waals surface area contributed by atoms with Crippen LogP contribution < -0.4 is 4.80 Å². The summed E-state index contributed by atoms with van der Waals surface area (Å²) in [4.78, 5) is 18.7. The molecule has 0 N–H and O–H groups in total. The Morgan fingerprint density at radius 1 is 1.22 bits per heavy atom. The number of carbonyl (C=O) groups is 1. The summed E-state index contributed by atoms with van der Waals surface area (Å²) < 4.78 is 8.45. The summed E-state index contributed by atoms with van der Waals surface area (Å²) in [5.74, 6) is 1.09. The molecule has 0 unspecified atom stereocenters. The fraction of sp³-hybridized carbons (Fsp3) is 0.300. The zero-order valence-electron chi connectivity index (χ0n) is 15.4. The first-order chi connectivity index (χ1) is 13.2. The van der Waals surface area contributed by atoms with Crippen molar-refractivity contribution in [3.63, 3.8) is 0 Å². The van der Waals surface area contributed by atoms with Crippen LogP contribution in [0, 0.1) is 0 Å². The summed E-state index contributed by atoms with van der Waals surface area (Å²) in [5.41, 5.74) is 2.32. The summed E-state index contributed by atoms with van der Waals surface area (Å²) in [5, 5.41) is 0. The van der Waals surface area contributed by atoms with Gasteiger partial charge in [-0.15, -0.1) is 23.5 Å². The first-order valence-corrected chi connectivity index (χ1v) is 11.8. The Hall–Kier alpha value is -1.54. The fourth-order valence-electron chi connectivity index (χ4n) is 2.63. The van der Waals surface area contributed by atoms with Crippen LogP contribution in [0.3, 0.4) is 0 Å². The maximum atomic E-state index is 12.4. The van der Waals surface area contributed by atoms with Crippen molar-refractivity contribution in [1.82, 2.24) is 4.57 Å². The van der Waals surface area contributed by atoms with Crippen LogP contribution in [0.25, 0.3) is 10.2 Å². The van der Waals surface area contributed by atoms with Crippen LogP contribution in [0.2, 0.25) is 0 Å². The summed E-state index contributed by atoms with van der Waals surface area (Å²) in [6, 6.07) is 16.5. The first-order valence-electron chi connectivity index (χ1n) is 8.57. The van der Waals surface area contributed by atoms with E-state index in [0.29, 0.717) is 18.9 Å². The van der Waals surface area contributed by atoms with E-state index in [1.165, 1.54) is 10.5 Å². The van der Waals surface area contributed by atoms with Gasteiger partial charge >= 0.3 is 0 Å². The second-order valence-corrected chi connectivity index (χ2v) is 8.72. The molecule has 3 aromatic rings. The van der Waals surface area contributed by atoms with Crippen molar-refractivity contribution >= 4 is 51.0 Å². The Labute approximate surface area is 171 Å². The van der Waals surface area contributed by atoms with Gasteiger partial charge in [-0.25, -0.2) is 0 Å². The number of ether oxygens (including phenoxy) is 1. The SMILES string of the molecule is COCCn1c(=NC(=O)CSCc2ccccc2)sc2cc(SC)ccc21. The normalized spacial score (nSPS) is 12.0. The van der Waals surface area contributed by atoms with Gasteiger partial charge in [0, 0.05) is 24.3 Å². The largest absolute Gasteiger partial charge is 0.383 e. The van der Waals surface area contributed by atoms with Gasteiger partial charge in [-0.3, -0.25) is 4.79 Å². The van der Waals surface area contributed by atoms with Gasteiger partial charge in [0.1, 0.15) is 0 Å². The minimum absolute atomic E-state index is 0.0984. The molecule has 0 aliphatic rings. The predicted octanol–water partition coefficient (Wildman–Crippen LogP) is 4.43. The Kier molecular flexibility index (Phi) is 7.58. The lowest BCUT2D eigenvalue weighted by molar-refractivity contribution is -0.115. The molecule has 2 aromatic carbocycles. The number of aromatic nitrogens is 1. The Morgan fingerprint density at radius 2 is 2.04 bits per heavy atom. The summed E-state index contributed by atoms with van der Waals surface area (Å²) >= 11 is 4.87. The Bertz CT molecular complexity index is 964. The van der Waals surface area contributed by atoms with E-state index in [9.17, 15) is 4.79 Å². The molecule has 1 heterocycles. The zero-order valence-corrected chi connectivity index (χ0v) is 17.8. The number of nitrogens with zero attached hydrogens (tertiary/aromatic N) is 2. The van der Waals surface area contributed by atoms with E-state index in [1.807, 2.05) is 18.2 Å². The van der Waals surface area contributed by atoms with Gasteiger partial charge in [0.2, 0.25) is 0 Å². The molecule has 7 heteroatoms. The van der Waals surface area contributed by atoms with E-state index >= 15 is 0 Å². The number of amides is 1. The molecule has 27 heavy (non-hydrogen) atoms. The van der Waals surface area contributed by atoms with E-state index in [2.05, 4.69) is 46.1 Å². The zero-order chi connectivity index (χ0) is 19.1. The number of carbonyl (C=O) groups excluding carboxylic acids is 1. The maximum absolute atomic E-state index is 12.4. The molecule has 1 amide bonds. The third-order valence-corrected chi connectivity index (χ3v) is 6.72. The van der Waals surface area contributed by atoms with Gasteiger partial charge < -0.3 is 9.30 Å². The molecule has 0 atom stereocenters. The first kappa shape index (κ1) is 20.2. The van der Waals surface area contributed by atoms with Gasteiger partial charge in [0.05, 0.1) is 22.6 Å². The molecule has 0 saturated carbocycles. The van der Waals surface area contributed by atoms with Crippen molar-refractivity contribution in [3.8, 4) is 0 Å². The molecule has 0 radical (unpaired) electrons. The maximum Gasteiger partial charge on any atom is 0.258 e. The van der Waals surface area contributed by atoms with Gasteiger partial charge in [-0.05, 0) is 30.0 Å². The van der Waals surface area contributed by atoms with Crippen LogP contribution in [-0.2, 0) is 21.8 Å². The molecule has 4 nitrogen and oxygen atoms in total. The molecule has 0 bridgehead atoms. The Morgan fingerprint density at radius 3 is 2.78 bits per heavy atom. The molecule has 0 saturated heterocycles. The quantitative estimate of drug-likeness (QED) is 0.508. The average molecular weight is 419 g/mol. The fourth-order valence-corrected chi connectivity index (χ4v) is 5.03. The second-order valence-electron chi connectivity index (χ2n) is 5.85. The third-order valence-electron chi connectivity index (χ3n) is 3.97. The molecule has 3 rings (SSSR count). The highest BCUT2D eigenvalue weighted by atomic mass is 32.2. The van der Waals surface area contributed by atoms with Gasteiger partial charge in [0.25, 0.3) is 5.91 Å². The number of rotatable bonds is 8. The van der Waals surface area contributed by atoms with Crippen LogP contribution >= 0.6 is 34.9 Å². The average Bonchev–Trinajstić information content (AvgIpc) is 3.03. The van der Waals surface area contributed by atoms with E-state index < -0.39 is 0 Å². The molecule has 0 fully saturated rings. The van der Waals surface area contributed by atoms with Crippen molar-refractivity contribution in [2.45, 2.75) is 17.2 Å². The van der Waals surface area contributed by atoms with Crippen LogP contribution in [0.4, 0.5) is 0 Å². The van der Waals surface area contributed by atoms with Gasteiger partial charge in [-0.1, -0.05) is 41.7 Å². The Balaban J connectivity index is 1.79. The predicted molar refractivity (Wildman–Crippen MR) is 117 cm³/mol. The van der Waals surface area contributed by atoms with Crippen LogP contribution in [0.15, 0.2) is 58.4 Å². The van der Waals surface area contributed by atoms with Crippen molar-refractivity contribution in [1.29, 1.82) is 0 Å². The highest BCUT2D eigenvalue weighted by molar-refractivity contribution is 7.99. The number of methoxy groups -OCH3 is 1. The highest BCUT2D eigenvalue weighted by Gasteiger charge is 2.09. The molecule has 1 aromatic heterocycles. The van der Waals surface area contributed by atoms with E-state index in [0.717, 1.165) is 20.8 Å². The van der Waals surface area contributed by atoms with E-state index in [-0.39, 0.29) is 5.91 Å². The van der Waals surface area contributed by atoms with Crippen LogP contribution in [-0.4, -0.2) is 36.2 Å². The third kappa shape index (κ3) is 5.48. The lowest BCUT2D eigenvalue weighted by Gasteiger charge is -2.04. The number of thiazole rings is 1. The van der Waals surface area contributed by atoms with E-state index in [4.69, 9.17) is 4.74 Å². The monoisotopic (exact) mass is 418 g/mol. The van der Waals surface area contributed by atoms with Crippen molar-refractivity contribution in [2.24, 2.45) is 4.99 Å². The highest BCUT2D eigenvalue weighted by Crippen LogP contribution is 2.24. The number of fused-ring (bicyclic) bond motifs is 1. The molecule has 142 valence electrons. The van der Waals surface area contributed by atoms with Crippen LogP contribution in [0.5, 0.6) is 0 Å². The molecule has 0 spiro atoms. The van der Waals surface area contributed by atoms with Gasteiger partial charge in [-0.2, -0.15) is 4.99 Å². The van der Waals surface area contributed by atoms with Crippen LogP contribution in [0.1, 0.15) is 5.56 Å². The smallest absolute Gasteiger partial charge is 0.258 e. The number of hydrogen-bond donors (Lipinski definition) is 0. The number of benzene rings is 2. The van der Waals surface area contributed by atoms with Crippen molar-refractivity contribution in [2.75, 3.05) is 25.7 Å². The topological polar surface area (TPSA) is 43.6 Å². The number of thioether (sulfide) groups is 2. The molecule has 0 aliphatic carbocycles. The lowest BCUT2D eigenvalue weighted by atomic mass is 10.2.